The first kappa shape index (κ1) is 15.8. The number of rotatable bonds is 6. The van der Waals surface area contributed by atoms with Gasteiger partial charge in [-0.2, -0.15) is 0 Å². The molecule has 6 heteroatoms. The molecule has 1 aromatic rings. The number of benzene rings is 1. The Kier molecular flexibility index (Phi) is 5.46. The lowest BCUT2D eigenvalue weighted by Gasteiger charge is -2.20. The summed E-state index contributed by atoms with van der Waals surface area (Å²) in [5, 5.41) is 0. The Hall–Kier alpha value is -0.590. The first-order valence-electron chi connectivity index (χ1n) is 6.79. The van der Waals surface area contributed by atoms with Gasteiger partial charge in [-0.3, -0.25) is 0 Å². The van der Waals surface area contributed by atoms with Crippen molar-refractivity contribution in [3.63, 3.8) is 0 Å². The lowest BCUT2D eigenvalue weighted by Crippen LogP contribution is -2.26. The van der Waals surface area contributed by atoms with Gasteiger partial charge < -0.3 is 10.5 Å². The van der Waals surface area contributed by atoms with Gasteiger partial charge in [0.25, 0.3) is 0 Å². The first-order valence-corrected chi connectivity index (χ1v) is 9.40. The molecule has 1 aliphatic heterocycles. The summed E-state index contributed by atoms with van der Waals surface area (Å²) in [6.07, 6.45) is 1.53. The zero-order chi connectivity index (χ0) is 14.6. The Morgan fingerprint density at radius 1 is 1.45 bits per heavy atom. The Balaban J connectivity index is 1.83. The Labute approximate surface area is 128 Å². The van der Waals surface area contributed by atoms with Gasteiger partial charge in [-0.1, -0.05) is 22.0 Å². The molecular formula is C14H20BrNO3S. The van der Waals surface area contributed by atoms with Gasteiger partial charge in [0.2, 0.25) is 0 Å². The minimum atomic E-state index is -2.84. The molecular weight excluding hydrogens is 342 g/mol. The van der Waals surface area contributed by atoms with Crippen molar-refractivity contribution in [2.45, 2.75) is 12.8 Å². The predicted molar refractivity (Wildman–Crippen MR) is 83.6 cm³/mol. The van der Waals surface area contributed by atoms with Crippen molar-refractivity contribution in [2.75, 3.05) is 24.7 Å². The van der Waals surface area contributed by atoms with E-state index in [0.717, 1.165) is 23.1 Å². The van der Waals surface area contributed by atoms with Gasteiger partial charge in [-0.15, -0.1) is 0 Å². The van der Waals surface area contributed by atoms with Crippen LogP contribution in [0.15, 0.2) is 28.7 Å². The van der Waals surface area contributed by atoms with Gasteiger partial charge in [0, 0.05) is 4.47 Å². The van der Waals surface area contributed by atoms with Crippen LogP contribution in [0.2, 0.25) is 0 Å². The summed E-state index contributed by atoms with van der Waals surface area (Å²) >= 11 is 3.40. The summed E-state index contributed by atoms with van der Waals surface area (Å²) in [5.74, 6) is 1.82. The first-order chi connectivity index (χ1) is 9.50. The average molecular weight is 362 g/mol. The third-order valence-electron chi connectivity index (χ3n) is 3.79. The molecule has 0 spiro atoms. The molecule has 2 rings (SSSR count). The summed E-state index contributed by atoms with van der Waals surface area (Å²) in [5.41, 5.74) is 5.79. The Morgan fingerprint density at radius 2 is 2.25 bits per heavy atom. The fraction of sp³-hybridized carbons (Fsp3) is 0.571. The number of sulfone groups is 1. The molecule has 1 heterocycles. The zero-order valence-electron chi connectivity index (χ0n) is 11.3. The summed E-state index contributed by atoms with van der Waals surface area (Å²) in [6.45, 7) is 1.08. The SMILES string of the molecule is NCC(CCOc1cccc(Br)c1)C1CCS(=O)(=O)C1. The van der Waals surface area contributed by atoms with Gasteiger partial charge in [-0.25, -0.2) is 8.42 Å². The topological polar surface area (TPSA) is 69.4 Å². The number of hydrogen-bond acceptors (Lipinski definition) is 4. The number of halogens is 1. The lowest BCUT2D eigenvalue weighted by atomic mass is 9.89. The van der Waals surface area contributed by atoms with E-state index in [1.807, 2.05) is 24.3 Å². The third kappa shape index (κ3) is 4.46. The summed E-state index contributed by atoms with van der Waals surface area (Å²) < 4.78 is 29.7. The third-order valence-corrected chi connectivity index (χ3v) is 6.08. The van der Waals surface area contributed by atoms with E-state index < -0.39 is 9.84 Å². The van der Waals surface area contributed by atoms with E-state index >= 15 is 0 Å². The van der Waals surface area contributed by atoms with Crippen LogP contribution in [0, 0.1) is 11.8 Å². The van der Waals surface area contributed by atoms with E-state index in [0.29, 0.717) is 18.9 Å². The maximum atomic E-state index is 11.5. The van der Waals surface area contributed by atoms with E-state index in [4.69, 9.17) is 10.5 Å². The normalized spacial score (nSPS) is 22.6. The zero-order valence-corrected chi connectivity index (χ0v) is 13.7. The van der Waals surface area contributed by atoms with Crippen LogP contribution in [-0.2, 0) is 9.84 Å². The molecule has 1 saturated heterocycles. The second-order valence-electron chi connectivity index (χ2n) is 5.25. The predicted octanol–water partition coefficient (Wildman–Crippen LogP) is 2.23. The van der Waals surface area contributed by atoms with Crippen molar-refractivity contribution in [1.82, 2.24) is 0 Å². The number of ether oxygens (including phenoxy) is 1. The van der Waals surface area contributed by atoms with E-state index in [9.17, 15) is 8.42 Å². The highest BCUT2D eigenvalue weighted by Gasteiger charge is 2.32. The molecule has 1 fully saturated rings. The molecule has 0 amide bonds. The van der Waals surface area contributed by atoms with Crippen LogP contribution >= 0.6 is 15.9 Å². The minimum absolute atomic E-state index is 0.191. The van der Waals surface area contributed by atoms with Crippen molar-refractivity contribution in [1.29, 1.82) is 0 Å². The molecule has 0 bridgehead atoms. The number of hydrogen-bond donors (Lipinski definition) is 1. The van der Waals surface area contributed by atoms with Crippen molar-refractivity contribution >= 4 is 25.8 Å². The van der Waals surface area contributed by atoms with E-state index in [-0.39, 0.29) is 17.6 Å². The lowest BCUT2D eigenvalue weighted by molar-refractivity contribution is 0.247. The van der Waals surface area contributed by atoms with Crippen molar-refractivity contribution in [3.05, 3.63) is 28.7 Å². The highest BCUT2D eigenvalue weighted by Crippen LogP contribution is 2.28. The Morgan fingerprint density at radius 3 is 2.85 bits per heavy atom. The molecule has 0 aliphatic carbocycles. The van der Waals surface area contributed by atoms with Crippen molar-refractivity contribution in [3.8, 4) is 5.75 Å². The quantitative estimate of drug-likeness (QED) is 0.843. The highest BCUT2D eigenvalue weighted by atomic mass is 79.9. The monoisotopic (exact) mass is 361 g/mol. The van der Waals surface area contributed by atoms with E-state index in [2.05, 4.69) is 15.9 Å². The van der Waals surface area contributed by atoms with Crippen LogP contribution in [0.4, 0.5) is 0 Å². The van der Waals surface area contributed by atoms with Crippen LogP contribution in [0.1, 0.15) is 12.8 Å². The molecule has 2 atom stereocenters. The molecule has 1 aromatic carbocycles. The maximum absolute atomic E-state index is 11.5. The molecule has 0 radical (unpaired) electrons. The highest BCUT2D eigenvalue weighted by molar-refractivity contribution is 9.10. The van der Waals surface area contributed by atoms with Crippen LogP contribution in [0.5, 0.6) is 5.75 Å². The van der Waals surface area contributed by atoms with Crippen LogP contribution in [-0.4, -0.2) is 33.1 Å². The Bertz CT molecular complexity index is 547. The maximum Gasteiger partial charge on any atom is 0.150 e. The smallest absolute Gasteiger partial charge is 0.150 e. The average Bonchev–Trinajstić information content (AvgIpc) is 2.75. The van der Waals surface area contributed by atoms with Gasteiger partial charge in [-0.05, 0) is 49.4 Å². The molecule has 0 saturated carbocycles. The van der Waals surface area contributed by atoms with Crippen LogP contribution in [0.25, 0.3) is 0 Å². The molecule has 2 unspecified atom stereocenters. The van der Waals surface area contributed by atoms with E-state index in [1.54, 1.807) is 0 Å². The van der Waals surface area contributed by atoms with Gasteiger partial charge in [0.05, 0.1) is 18.1 Å². The summed E-state index contributed by atoms with van der Waals surface area (Å²) in [4.78, 5) is 0. The molecule has 4 nitrogen and oxygen atoms in total. The van der Waals surface area contributed by atoms with Gasteiger partial charge in [0.1, 0.15) is 5.75 Å². The largest absolute Gasteiger partial charge is 0.494 e. The van der Waals surface area contributed by atoms with Gasteiger partial charge >= 0.3 is 0 Å². The fourth-order valence-electron chi connectivity index (χ4n) is 2.63. The van der Waals surface area contributed by atoms with Crippen LogP contribution < -0.4 is 10.5 Å². The molecule has 20 heavy (non-hydrogen) atoms. The minimum Gasteiger partial charge on any atom is -0.494 e. The molecule has 2 N–H and O–H groups in total. The second kappa shape index (κ2) is 6.91. The second-order valence-corrected chi connectivity index (χ2v) is 8.40. The van der Waals surface area contributed by atoms with Gasteiger partial charge in [0.15, 0.2) is 9.84 Å². The fourth-order valence-corrected chi connectivity index (χ4v) is 4.92. The van der Waals surface area contributed by atoms with E-state index in [1.165, 1.54) is 0 Å². The van der Waals surface area contributed by atoms with Crippen LogP contribution in [0.3, 0.4) is 0 Å². The van der Waals surface area contributed by atoms with Crippen molar-refractivity contribution < 1.29 is 13.2 Å². The number of nitrogens with two attached hydrogens (primary N) is 1. The standard InChI is InChI=1S/C14H20BrNO3S/c15-13-2-1-3-14(8-13)19-6-4-11(9-16)12-5-7-20(17,18)10-12/h1-3,8,11-12H,4-7,9-10,16H2. The van der Waals surface area contributed by atoms with Crippen molar-refractivity contribution in [2.24, 2.45) is 17.6 Å². The molecule has 1 aliphatic rings. The summed E-state index contributed by atoms with van der Waals surface area (Å²) in [7, 11) is -2.84. The molecule has 0 aromatic heterocycles. The summed E-state index contributed by atoms with van der Waals surface area (Å²) in [6, 6.07) is 7.68. The molecule has 112 valence electrons.